The van der Waals surface area contributed by atoms with Crippen LogP contribution in [-0.4, -0.2) is 21.4 Å². The molecule has 0 fully saturated rings. The van der Waals surface area contributed by atoms with Gasteiger partial charge in [0.15, 0.2) is 0 Å². The lowest BCUT2D eigenvalue weighted by atomic mass is 9.85. The second-order valence-electron chi connectivity index (χ2n) is 5.52. The van der Waals surface area contributed by atoms with Gasteiger partial charge in [0.2, 0.25) is 0 Å². The molecular weight excluding hydrogens is 248 g/mol. The molecule has 0 amide bonds. The monoisotopic (exact) mass is 268 g/mol. The van der Waals surface area contributed by atoms with Gasteiger partial charge in [-0.2, -0.15) is 0 Å². The maximum atomic E-state index is 9.36. The van der Waals surface area contributed by atoms with Gasteiger partial charge in [-0.25, -0.2) is 0 Å². The molecule has 0 saturated carbocycles. The van der Waals surface area contributed by atoms with Gasteiger partial charge in [0.25, 0.3) is 0 Å². The van der Waals surface area contributed by atoms with E-state index in [1.165, 1.54) is 11.1 Å². The summed E-state index contributed by atoms with van der Waals surface area (Å²) in [7, 11) is 1.98. The minimum absolute atomic E-state index is 0.0530. The highest BCUT2D eigenvalue weighted by atomic mass is 16.3. The number of aliphatic imine (C=N–C) groups is 1. The summed E-state index contributed by atoms with van der Waals surface area (Å²) in [4.78, 5) is 4.90. The first-order chi connectivity index (χ1) is 9.63. The lowest BCUT2D eigenvalue weighted by Crippen LogP contribution is -2.24. The molecule has 2 aromatic rings. The third-order valence-corrected chi connectivity index (χ3v) is 4.39. The van der Waals surface area contributed by atoms with E-state index in [9.17, 15) is 5.11 Å². The number of rotatable bonds is 2. The summed E-state index contributed by atoms with van der Waals surface area (Å²) in [6.45, 7) is 4.45. The van der Waals surface area contributed by atoms with Gasteiger partial charge < -0.3 is 9.67 Å². The molecule has 2 atom stereocenters. The molecule has 3 rings (SSSR count). The third-order valence-electron chi connectivity index (χ3n) is 4.39. The van der Waals surface area contributed by atoms with E-state index in [2.05, 4.69) is 38.1 Å². The maximum Gasteiger partial charge on any atom is 0.0889 e. The van der Waals surface area contributed by atoms with Crippen LogP contribution >= 0.6 is 0 Å². The molecule has 0 spiro atoms. The molecule has 1 unspecified atom stereocenters. The molecular formula is C17H20N2O. The molecule has 0 saturated heterocycles. The van der Waals surface area contributed by atoms with Gasteiger partial charge in [0.05, 0.1) is 24.1 Å². The maximum absolute atomic E-state index is 9.36. The van der Waals surface area contributed by atoms with Gasteiger partial charge in [-0.15, -0.1) is 0 Å². The fourth-order valence-electron chi connectivity index (χ4n) is 2.91. The molecule has 1 aromatic heterocycles. The Morgan fingerprint density at radius 2 is 1.90 bits per heavy atom. The Balaban J connectivity index is 2.18. The van der Waals surface area contributed by atoms with Crippen molar-refractivity contribution in [2.24, 2.45) is 12.0 Å². The summed E-state index contributed by atoms with van der Waals surface area (Å²) in [6.07, 6.45) is 0. The van der Waals surface area contributed by atoms with E-state index >= 15 is 0 Å². The van der Waals surface area contributed by atoms with Crippen LogP contribution in [0.1, 0.15) is 42.3 Å². The largest absolute Gasteiger partial charge is 0.390 e. The third kappa shape index (κ3) is 1.90. The fraction of sp³-hybridized carbons (Fsp3) is 0.353. The molecule has 0 aliphatic carbocycles. The zero-order valence-corrected chi connectivity index (χ0v) is 12.2. The fourth-order valence-corrected chi connectivity index (χ4v) is 2.91. The van der Waals surface area contributed by atoms with Crippen LogP contribution in [0.2, 0.25) is 0 Å². The number of benzene rings is 1. The first-order valence-electron chi connectivity index (χ1n) is 7.06. The van der Waals surface area contributed by atoms with Crippen molar-refractivity contribution in [1.29, 1.82) is 0 Å². The van der Waals surface area contributed by atoms with Crippen molar-refractivity contribution in [2.45, 2.75) is 32.4 Å². The number of hydrogen-bond donors (Lipinski definition) is 1. The predicted octanol–water partition coefficient (Wildman–Crippen LogP) is 2.86. The van der Waals surface area contributed by atoms with Crippen LogP contribution < -0.4 is 0 Å². The Bertz CT molecular complexity index is 669. The molecule has 1 N–H and O–H groups in total. The van der Waals surface area contributed by atoms with E-state index in [1.807, 2.05) is 23.7 Å². The van der Waals surface area contributed by atoms with E-state index in [0.717, 1.165) is 17.1 Å². The molecule has 1 aliphatic rings. The lowest BCUT2D eigenvalue weighted by molar-refractivity contribution is 0.272. The quantitative estimate of drug-likeness (QED) is 0.893. The van der Waals surface area contributed by atoms with Crippen LogP contribution in [-0.2, 0) is 13.7 Å². The number of aliphatic hydroxyl groups is 1. The molecule has 0 radical (unpaired) electrons. The van der Waals surface area contributed by atoms with E-state index in [4.69, 9.17) is 4.99 Å². The Morgan fingerprint density at radius 3 is 2.60 bits per heavy atom. The Hall–Kier alpha value is -1.87. The Labute approximate surface area is 119 Å². The molecule has 0 bridgehead atoms. The van der Waals surface area contributed by atoms with Crippen molar-refractivity contribution < 1.29 is 5.11 Å². The zero-order chi connectivity index (χ0) is 14.3. The minimum atomic E-state index is 0.0530. The summed E-state index contributed by atoms with van der Waals surface area (Å²) in [5, 5.41) is 9.36. The first-order valence-corrected chi connectivity index (χ1v) is 7.06. The Morgan fingerprint density at radius 1 is 1.15 bits per heavy atom. The number of hydrogen-bond acceptors (Lipinski definition) is 2. The summed E-state index contributed by atoms with van der Waals surface area (Å²) in [6, 6.07) is 12.8. The minimum Gasteiger partial charge on any atom is -0.390 e. The van der Waals surface area contributed by atoms with Gasteiger partial charge in [-0.05, 0) is 24.6 Å². The summed E-state index contributed by atoms with van der Waals surface area (Å²) in [5.74, 6) is 0.438. The normalized spacial score (nSPS) is 21.5. The molecule has 20 heavy (non-hydrogen) atoms. The highest BCUT2D eigenvalue weighted by Gasteiger charge is 2.26. The number of aromatic nitrogens is 1. The second-order valence-corrected chi connectivity index (χ2v) is 5.52. The van der Waals surface area contributed by atoms with Crippen LogP contribution in [0.3, 0.4) is 0 Å². The highest BCUT2D eigenvalue weighted by Crippen LogP contribution is 2.32. The van der Waals surface area contributed by atoms with E-state index in [0.29, 0.717) is 5.92 Å². The van der Waals surface area contributed by atoms with Crippen LogP contribution in [0, 0.1) is 0 Å². The van der Waals surface area contributed by atoms with E-state index in [-0.39, 0.29) is 12.6 Å². The molecule has 104 valence electrons. The molecule has 3 heteroatoms. The van der Waals surface area contributed by atoms with Crippen molar-refractivity contribution in [1.82, 2.24) is 4.57 Å². The van der Waals surface area contributed by atoms with Gasteiger partial charge >= 0.3 is 0 Å². The van der Waals surface area contributed by atoms with Gasteiger partial charge in [0.1, 0.15) is 0 Å². The average molecular weight is 268 g/mol. The van der Waals surface area contributed by atoms with Gasteiger partial charge in [-0.1, -0.05) is 31.2 Å². The summed E-state index contributed by atoms with van der Waals surface area (Å²) in [5.41, 5.74) is 5.58. The van der Waals surface area contributed by atoms with Crippen LogP contribution in [0.5, 0.6) is 0 Å². The van der Waals surface area contributed by atoms with Crippen LogP contribution in [0.15, 0.2) is 41.4 Å². The van der Waals surface area contributed by atoms with Crippen molar-refractivity contribution >= 4 is 5.71 Å². The first kappa shape index (κ1) is 13.1. The molecule has 2 heterocycles. The number of fused-ring (bicyclic) bond motifs is 1. The summed E-state index contributed by atoms with van der Waals surface area (Å²) >= 11 is 0. The highest BCUT2D eigenvalue weighted by molar-refractivity contribution is 6.13. The van der Waals surface area contributed by atoms with Crippen molar-refractivity contribution in [3.63, 3.8) is 0 Å². The number of nitrogens with zero attached hydrogens (tertiary/aromatic N) is 2. The van der Waals surface area contributed by atoms with E-state index < -0.39 is 0 Å². The van der Waals surface area contributed by atoms with Crippen molar-refractivity contribution in [3.05, 3.63) is 58.9 Å². The SMILES string of the molecule is CC1N=C(c2ccc(CO)n2C)c2ccccc2[C@@H]1C. The molecule has 1 aliphatic heterocycles. The van der Waals surface area contributed by atoms with Crippen LogP contribution in [0.25, 0.3) is 0 Å². The van der Waals surface area contributed by atoms with Crippen molar-refractivity contribution in [2.75, 3.05) is 0 Å². The molecule has 1 aromatic carbocycles. The lowest BCUT2D eigenvalue weighted by Gasteiger charge is -2.27. The Kier molecular flexibility index (Phi) is 3.22. The molecule has 3 nitrogen and oxygen atoms in total. The second kappa shape index (κ2) is 4.91. The predicted molar refractivity (Wildman–Crippen MR) is 81.3 cm³/mol. The standard InChI is InChI=1S/C17H20N2O/c1-11-12(2)18-17(15-7-5-4-6-14(11)15)16-9-8-13(10-20)19(16)3/h4-9,11-12,20H,10H2,1-3H3/t11-,12?/m1/s1. The van der Waals surface area contributed by atoms with Crippen molar-refractivity contribution in [3.8, 4) is 0 Å². The van der Waals surface area contributed by atoms with Gasteiger partial charge in [0, 0.05) is 24.2 Å². The van der Waals surface area contributed by atoms with Gasteiger partial charge in [-0.3, -0.25) is 4.99 Å². The summed E-state index contributed by atoms with van der Waals surface area (Å²) < 4.78 is 2.03. The smallest absolute Gasteiger partial charge is 0.0889 e. The zero-order valence-electron chi connectivity index (χ0n) is 12.2. The van der Waals surface area contributed by atoms with E-state index in [1.54, 1.807) is 0 Å². The topological polar surface area (TPSA) is 37.5 Å². The average Bonchev–Trinajstić information content (AvgIpc) is 2.84. The van der Waals surface area contributed by atoms with Crippen LogP contribution in [0.4, 0.5) is 0 Å². The number of aliphatic hydroxyl groups excluding tert-OH is 1.